The maximum absolute atomic E-state index is 13.7. The quantitative estimate of drug-likeness (QED) is 0.435. The Hall–Kier alpha value is -3.48. The Kier molecular flexibility index (Phi) is 4.16. The monoisotopic (exact) mass is 426 g/mol. The molecule has 3 aromatic carbocycles. The largest absolute Gasteiger partial charge is 0.273 e. The minimum atomic E-state index is -0.848. The van der Waals surface area contributed by atoms with Crippen LogP contribution in [0.25, 0.3) is 10.8 Å². The van der Waals surface area contributed by atoms with Gasteiger partial charge >= 0.3 is 0 Å². The highest BCUT2D eigenvalue weighted by molar-refractivity contribution is 7.10. The zero-order chi connectivity index (χ0) is 20.9. The Morgan fingerprint density at radius 2 is 1.55 bits per heavy atom. The lowest BCUT2D eigenvalue weighted by Crippen LogP contribution is -2.37. The van der Waals surface area contributed by atoms with Gasteiger partial charge < -0.3 is 0 Å². The lowest BCUT2D eigenvalue weighted by molar-refractivity contribution is -0.126. The van der Waals surface area contributed by atoms with Crippen LogP contribution in [0.1, 0.15) is 10.9 Å². The van der Waals surface area contributed by atoms with Gasteiger partial charge in [-0.2, -0.15) is 0 Å². The lowest BCUT2D eigenvalue weighted by atomic mass is 9.95. The highest BCUT2D eigenvalue weighted by atomic mass is 32.1. The highest BCUT2D eigenvalue weighted by Gasteiger charge is 2.60. The number of rotatable bonds is 3. The number of hydrogen-bond acceptors (Lipinski definition) is 5. The zero-order valence-electron chi connectivity index (χ0n) is 16.4. The van der Waals surface area contributed by atoms with E-state index in [0.717, 1.165) is 21.3 Å². The van der Waals surface area contributed by atoms with E-state index in [1.807, 2.05) is 90.3 Å². The molecule has 0 N–H and O–H groups in total. The van der Waals surface area contributed by atoms with E-state index in [9.17, 15) is 9.59 Å². The minimum absolute atomic E-state index is 0.219. The van der Waals surface area contributed by atoms with Crippen molar-refractivity contribution < 1.29 is 14.4 Å². The van der Waals surface area contributed by atoms with Gasteiger partial charge in [0.1, 0.15) is 12.0 Å². The van der Waals surface area contributed by atoms with Gasteiger partial charge in [0.05, 0.1) is 11.4 Å². The van der Waals surface area contributed by atoms with Crippen LogP contribution in [0.4, 0.5) is 11.4 Å². The summed E-state index contributed by atoms with van der Waals surface area (Å²) in [6, 6.07) is 26.7. The zero-order valence-corrected chi connectivity index (χ0v) is 17.2. The van der Waals surface area contributed by atoms with E-state index in [4.69, 9.17) is 4.84 Å². The molecule has 6 rings (SSSR count). The summed E-state index contributed by atoms with van der Waals surface area (Å²) in [5, 5.41) is 5.58. The molecular weight excluding hydrogens is 408 g/mol. The highest BCUT2D eigenvalue weighted by Crippen LogP contribution is 2.49. The van der Waals surface area contributed by atoms with Gasteiger partial charge in [0.25, 0.3) is 5.91 Å². The van der Waals surface area contributed by atoms with Crippen LogP contribution in [0.3, 0.4) is 0 Å². The average Bonchev–Trinajstić information content (AvgIpc) is 3.52. The van der Waals surface area contributed by atoms with Crippen molar-refractivity contribution in [2.75, 3.05) is 9.96 Å². The summed E-state index contributed by atoms with van der Waals surface area (Å²) in [5.74, 6) is -1.14. The fourth-order valence-electron chi connectivity index (χ4n) is 4.60. The van der Waals surface area contributed by atoms with E-state index in [2.05, 4.69) is 0 Å². The molecule has 5 nitrogen and oxygen atoms in total. The van der Waals surface area contributed by atoms with Crippen molar-refractivity contribution in [3.8, 4) is 0 Å². The summed E-state index contributed by atoms with van der Waals surface area (Å²) >= 11 is 1.57. The van der Waals surface area contributed by atoms with Crippen LogP contribution in [0.2, 0.25) is 0 Å². The number of nitrogens with zero attached hydrogens (tertiary/aromatic N) is 2. The van der Waals surface area contributed by atoms with E-state index in [-0.39, 0.29) is 17.9 Å². The minimum Gasteiger partial charge on any atom is -0.273 e. The SMILES string of the molecule is O=C1[C@@H]2[C@@H](ON(c3ccccc3)[C@H]2c2cccs2)C(=O)N1c1cccc2ccccc12. The number of carbonyl (C=O) groups excluding carboxylic acids is 2. The summed E-state index contributed by atoms with van der Waals surface area (Å²) in [6.07, 6.45) is -0.848. The second kappa shape index (κ2) is 7.04. The van der Waals surface area contributed by atoms with Crippen LogP contribution in [-0.4, -0.2) is 17.9 Å². The molecule has 4 aromatic rings. The summed E-state index contributed by atoms with van der Waals surface area (Å²) in [6.45, 7) is 0. The van der Waals surface area contributed by atoms with Gasteiger partial charge in [0.2, 0.25) is 5.91 Å². The number of hydroxylamine groups is 1. The maximum atomic E-state index is 13.7. The molecule has 3 heterocycles. The molecular formula is C25H18N2O3S. The van der Waals surface area contributed by atoms with Gasteiger partial charge in [-0.3, -0.25) is 14.4 Å². The maximum Gasteiger partial charge on any atom is 0.266 e. The number of fused-ring (bicyclic) bond motifs is 2. The van der Waals surface area contributed by atoms with Crippen LogP contribution in [0.5, 0.6) is 0 Å². The van der Waals surface area contributed by atoms with E-state index in [1.165, 1.54) is 4.90 Å². The average molecular weight is 426 g/mol. The normalized spacial score (nSPS) is 23.0. The topological polar surface area (TPSA) is 49.9 Å². The number of benzene rings is 3. The molecule has 2 aliphatic heterocycles. The van der Waals surface area contributed by atoms with Crippen LogP contribution in [-0.2, 0) is 14.4 Å². The molecule has 2 saturated heterocycles. The Bertz CT molecular complexity index is 1280. The summed E-state index contributed by atoms with van der Waals surface area (Å²) in [4.78, 5) is 35.7. The standard InChI is InChI=1S/C25H18N2O3S/c28-24-21-22(20-14-7-15-31-20)27(17-10-2-1-3-11-17)30-23(21)25(29)26(24)19-13-6-9-16-8-4-5-12-18(16)19/h1-15,21-23H/t21-,22-,23+/m0/s1. The molecule has 3 atom stereocenters. The van der Waals surface area contributed by atoms with Crippen molar-refractivity contribution >= 4 is 45.3 Å². The predicted molar refractivity (Wildman–Crippen MR) is 121 cm³/mol. The Balaban J connectivity index is 1.46. The van der Waals surface area contributed by atoms with Crippen molar-refractivity contribution in [1.82, 2.24) is 0 Å². The van der Waals surface area contributed by atoms with Crippen molar-refractivity contribution in [2.24, 2.45) is 5.92 Å². The Labute approximate surface area is 183 Å². The first-order chi connectivity index (χ1) is 15.2. The van der Waals surface area contributed by atoms with Crippen LogP contribution in [0.15, 0.2) is 90.3 Å². The molecule has 31 heavy (non-hydrogen) atoms. The van der Waals surface area contributed by atoms with Gasteiger partial charge in [0, 0.05) is 10.3 Å². The van der Waals surface area contributed by atoms with E-state index in [0.29, 0.717) is 5.69 Å². The number of carbonyl (C=O) groups is 2. The smallest absolute Gasteiger partial charge is 0.266 e. The number of hydrogen-bond donors (Lipinski definition) is 0. The molecule has 1 aromatic heterocycles. The van der Waals surface area contributed by atoms with Gasteiger partial charge in [-0.1, -0.05) is 60.7 Å². The second-order valence-corrected chi connectivity index (χ2v) is 8.66. The van der Waals surface area contributed by atoms with Crippen molar-refractivity contribution in [3.05, 3.63) is 95.2 Å². The number of amides is 2. The summed E-state index contributed by atoms with van der Waals surface area (Å²) in [5.41, 5.74) is 1.44. The van der Waals surface area contributed by atoms with E-state index < -0.39 is 12.0 Å². The molecule has 2 amide bonds. The third-order valence-electron chi connectivity index (χ3n) is 5.97. The second-order valence-electron chi connectivity index (χ2n) is 7.68. The molecule has 6 heteroatoms. The fraction of sp³-hybridized carbons (Fsp3) is 0.120. The van der Waals surface area contributed by atoms with E-state index in [1.54, 1.807) is 16.4 Å². The van der Waals surface area contributed by atoms with Crippen LogP contribution >= 0.6 is 11.3 Å². The fourth-order valence-corrected chi connectivity index (χ4v) is 5.46. The summed E-state index contributed by atoms with van der Waals surface area (Å²) in [7, 11) is 0. The Morgan fingerprint density at radius 3 is 2.35 bits per heavy atom. The van der Waals surface area contributed by atoms with Gasteiger partial charge in [-0.25, -0.2) is 9.96 Å². The third kappa shape index (κ3) is 2.72. The molecule has 2 fully saturated rings. The van der Waals surface area contributed by atoms with E-state index >= 15 is 0 Å². The molecule has 0 aliphatic carbocycles. The van der Waals surface area contributed by atoms with Gasteiger partial charge in [-0.05, 0) is 35.0 Å². The van der Waals surface area contributed by atoms with Crippen LogP contribution in [0, 0.1) is 5.92 Å². The molecule has 0 radical (unpaired) electrons. The molecule has 2 aliphatic rings. The van der Waals surface area contributed by atoms with Crippen molar-refractivity contribution in [2.45, 2.75) is 12.1 Å². The number of para-hydroxylation sites is 1. The summed E-state index contributed by atoms with van der Waals surface area (Å²) < 4.78 is 0. The number of thiophene rings is 1. The van der Waals surface area contributed by atoms with Crippen LogP contribution < -0.4 is 9.96 Å². The Morgan fingerprint density at radius 1 is 0.774 bits per heavy atom. The van der Waals surface area contributed by atoms with Crippen molar-refractivity contribution in [3.63, 3.8) is 0 Å². The molecule has 0 spiro atoms. The first-order valence-corrected chi connectivity index (χ1v) is 11.0. The van der Waals surface area contributed by atoms with Gasteiger partial charge in [0.15, 0.2) is 6.10 Å². The van der Waals surface area contributed by atoms with Gasteiger partial charge in [-0.15, -0.1) is 11.3 Å². The molecule has 0 bridgehead atoms. The predicted octanol–water partition coefficient (Wildman–Crippen LogP) is 4.95. The number of imide groups is 1. The first kappa shape index (κ1) is 18.3. The molecule has 0 unspecified atom stereocenters. The number of anilines is 2. The van der Waals surface area contributed by atoms with Crippen molar-refractivity contribution in [1.29, 1.82) is 0 Å². The molecule has 152 valence electrons. The molecule has 0 saturated carbocycles. The third-order valence-corrected chi connectivity index (χ3v) is 6.91. The first-order valence-electron chi connectivity index (χ1n) is 10.1. The lowest BCUT2D eigenvalue weighted by Gasteiger charge is -2.28.